The number of carbonyl (C=O) groups excluding carboxylic acids is 2. The summed E-state index contributed by atoms with van der Waals surface area (Å²) >= 11 is 0. The van der Waals surface area contributed by atoms with Crippen molar-refractivity contribution in [2.24, 2.45) is 0 Å². The molecule has 24 heavy (non-hydrogen) atoms. The summed E-state index contributed by atoms with van der Waals surface area (Å²) in [4.78, 5) is 23.1. The van der Waals surface area contributed by atoms with Gasteiger partial charge in [-0.2, -0.15) is 0 Å². The monoisotopic (exact) mass is 320 g/mol. The quantitative estimate of drug-likeness (QED) is 0.489. The normalized spacial score (nSPS) is 15.2. The van der Waals surface area contributed by atoms with Crippen LogP contribution in [0.25, 0.3) is 11.8 Å². The molecule has 3 rings (SSSR count). The highest BCUT2D eigenvalue weighted by Gasteiger charge is 2.21. The van der Waals surface area contributed by atoms with E-state index in [0.29, 0.717) is 17.1 Å². The lowest BCUT2D eigenvalue weighted by molar-refractivity contribution is -0.132. The highest BCUT2D eigenvalue weighted by Crippen LogP contribution is 2.28. The van der Waals surface area contributed by atoms with Crippen LogP contribution in [0.15, 0.2) is 60.2 Å². The molecule has 2 aromatic rings. The zero-order chi connectivity index (χ0) is 17.1. The Balaban J connectivity index is 1.88. The molecule has 120 valence electrons. The van der Waals surface area contributed by atoms with E-state index in [1.165, 1.54) is 6.92 Å². The van der Waals surface area contributed by atoms with Gasteiger partial charge in [-0.05, 0) is 36.8 Å². The molecule has 0 atom stereocenters. The molecule has 0 amide bonds. The van der Waals surface area contributed by atoms with Gasteiger partial charge in [-0.3, -0.25) is 4.79 Å². The number of ether oxygens (including phenoxy) is 2. The molecule has 4 nitrogen and oxygen atoms in total. The van der Waals surface area contributed by atoms with Crippen LogP contribution in [0.5, 0.6) is 5.75 Å². The first kappa shape index (κ1) is 15.7. The smallest absolute Gasteiger partial charge is 0.343 e. The Morgan fingerprint density at radius 1 is 1.12 bits per heavy atom. The summed E-state index contributed by atoms with van der Waals surface area (Å²) in [5.74, 6) is 0.179. The summed E-state index contributed by atoms with van der Waals surface area (Å²) in [7, 11) is 0. The summed E-state index contributed by atoms with van der Waals surface area (Å²) in [6, 6.07) is 14.7. The summed E-state index contributed by atoms with van der Waals surface area (Å²) < 4.78 is 10.4. The van der Waals surface area contributed by atoms with Gasteiger partial charge >= 0.3 is 11.9 Å². The number of hydrogen-bond acceptors (Lipinski definition) is 4. The minimum Gasteiger partial charge on any atom is -0.427 e. The number of esters is 2. The number of cyclic esters (lactones) is 1. The predicted octanol–water partition coefficient (Wildman–Crippen LogP) is 3.90. The molecule has 0 aliphatic carbocycles. The van der Waals surface area contributed by atoms with Gasteiger partial charge in [0.15, 0.2) is 0 Å². The maximum Gasteiger partial charge on any atom is 0.343 e. The SMILES string of the molecule is CC(=O)Oc1cccc(C=C2C=C(c3ccc(C)cc3)OC2=O)c1. The van der Waals surface area contributed by atoms with E-state index in [-0.39, 0.29) is 5.97 Å². The van der Waals surface area contributed by atoms with Crippen LogP contribution in [0.1, 0.15) is 23.6 Å². The van der Waals surface area contributed by atoms with Crippen molar-refractivity contribution < 1.29 is 19.1 Å². The van der Waals surface area contributed by atoms with Crippen LogP contribution in [-0.4, -0.2) is 11.9 Å². The molecular formula is C20H16O4. The third kappa shape index (κ3) is 3.60. The molecule has 0 aromatic heterocycles. The first-order valence-electron chi connectivity index (χ1n) is 7.52. The van der Waals surface area contributed by atoms with E-state index in [9.17, 15) is 9.59 Å². The Morgan fingerprint density at radius 3 is 2.58 bits per heavy atom. The zero-order valence-electron chi connectivity index (χ0n) is 13.4. The molecular weight excluding hydrogens is 304 g/mol. The Labute approximate surface area is 140 Å². The summed E-state index contributed by atoms with van der Waals surface area (Å²) in [5, 5.41) is 0. The van der Waals surface area contributed by atoms with Gasteiger partial charge < -0.3 is 9.47 Å². The summed E-state index contributed by atoms with van der Waals surface area (Å²) in [6.45, 7) is 3.34. The van der Waals surface area contributed by atoms with E-state index in [1.54, 1.807) is 30.4 Å². The van der Waals surface area contributed by atoms with Crippen molar-refractivity contribution in [1.82, 2.24) is 0 Å². The van der Waals surface area contributed by atoms with Crippen LogP contribution in [0.2, 0.25) is 0 Å². The second-order valence-electron chi connectivity index (χ2n) is 5.53. The van der Waals surface area contributed by atoms with Crippen molar-refractivity contribution in [1.29, 1.82) is 0 Å². The Kier molecular flexibility index (Phi) is 4.29. The first-order chi connectivity index (χ1) is 11.5. The average molecular weight is 320 g/mol. The number of aryl methyl sites for hydroxylation is 1. The molecule has 0 spiro atoms. The van der Waals surface area contributed by atoms with Crippen LogP contribution >= 0.6 is 0 Å². The number of hydrogen-bond donors (Lipinski definition) is 0. The van der Waals surface area contributed by atoms with Gasteiger partial charge in [0.25, 0.3) is 0 Å². The van der Waals surface area contributed by atoms with Gasteiger partial charge in [0.1, 0.15) is 11.5 Å². The molecule has 1 heterocycles. The minimum absolute atomic E-state index is 0.387. The van der Waals surface area contributed by atoms with E-state index in [4.69, 9.17) is 9.47 Å². The lowest BCUT2D eigenvalue weighted by atomic mass is 10.1. The first-order valence-corrected chi connectivity index (χ1v) is 7.52. The Bertz CT molecular complexity index is 857. The number of carbonyl (C=O) groups is 2. The molecule has 1 aliphatic rings. The molecule has 1 aliphatic heterocycles. The lowest BCUT2D eigenvalue weighted by Crippen LogP contribution is -2.01. The molecule has 0 radical (unpaired) electrons. The lowest BCUT2D eigenvalue weighted by Gasteiger charge is -2.02. The second-order valence-corrected chi connectivity index (χ2v) is 5.53. The third-order valence-corrected chi connectivity index (χ3v) is 3.50. The van der Waals surface area contributed by atoms with Gasteiger partial charge in [0.2, 0.25) is 0 Å². The summed E-state index contributed by atoms with van der Waals surface area (Å²) in [5.41, 5.74) is 3.19. The molecule has 0 saturated carbocycles. The van der Waals surface area contributed by atoms with Gasteiger partial charge in [-0.15, -0.1) is 0 Å². The van der Waals surface area contributed by atoms with E-state index in [1.807, 2.05) is 37.3 Å². The highest BCUT2D eigenvalue weighted by atomic mass is 16.5. The van der Waals surface area contributed by atoms with E-state index in [2.05, 4.69) is 0 Å². The van der Waals surface area contributed by atoms with Crippen LogP contribution in [0.3, 0.4) is 0 Å². The van der Waals surface area contributed by atoms with Crippen molar-refractivity contribution in [3.63, 3.8) is 0 Å². The topological polar surface area (TPSA) is 52.6 Å². The van der Waals surface area contributed by atoms with E-state index in [0.717, 1.165) is 16.7 Å². The van der Waals surface area contributed by atoms with Gasteiger partial charge in [-0.1, -0.05) is 42.0 Å². The molecule has 0 bridgehead atoms. The second kappa shape index (κ2) is 6.54. The van der Waals surface area contributed by atoms with Crippen molar-refractivity contribution >= 4 is 23.8 Å². The van der Waals surface area contributed by atoms with Crippen LogP contribution in [0.4, 0.5) is 0 Å². The van der Waals surface area contributed by atoms with Gasteiger partial charge in [-0.25, -0.2) is 4.79 Å². The van der Waals surface area contributed by atoms with Crippen LogP contribution < -0.4 is 4.74 Å². The molecule has 4 heteroatoms. The third-order valence-electron chi connectivity index (χ3n) is 3.50. The van der Waals surface area contributed by atoms with Crippen LogP contribution in [-0.2, 0) is 14.3 Å². The number of benzene rings is 2. The fourth-order valence-corrected chi connectivity index (χ4v) is 2.36. The van der Waals surface area contributed by atoms with Gasteiger partial charge in [0.05, 0.1) is 5.57 Å². The van der Waals surface area contributed by atoms with Gasteiger partial charge in [0, 0.05) is 12.5 Å². The predicted molar refractivity (Wildman–Crippen MR) is 91.0 cm³/mol. The largest absolute Gasteiger partial charge is 0.427 e. The van der Waals surface area contributed by atoms with Crippen molar-refractivity contribution in [2.75, 3.05) is 0 Å². The van der Waals surface area contributed by atoms with Crippen molar-refractivity contribution in [2.45, 2.75) is 13.8 Å². The zero-order valence-corrected chi connectivity index (χ0v) is 13.4. The highest BCUT2D eigenvalue weighted by molar-refractivity contribution is 6.05. The number of rotatable bonds is 3. The fourth-order valence-electron chi connectivity index (χ4n) is 2.36. The minimum atomic E-state index is -0.400. The molecule has 2 aromatic carbocycles. The fraction of sp³-hybridized carbons (Fsp3) is 0.100. The maximum atomic E-state index is 12.1. The molecule has 0 saturated heterocycles. The molecule has 0 unspecified atom stereocenters. The standard InChI is InChI=1S/C20H16O4/c1-13-6-8-16(9-7-13)19-12-17(20(22)24-19)10-15-4-3-5-18(11-15)23-14(2)21/h3-12H,1-2H3. The Hall–Kier alpha value is -3.14. The maximum absolute atomic E-state index is 12.1. The van der Waals surface area contributed by atoms with Crippen molar-refractivity contribution in [3.05, 3.63) is 76.9 Å². The van der Waals surface area contributed by atoms with E-state index >= 15 is 0 Å². The average Bonchev–Trinajstić information content (AvgIpc) is 2.89. The van der Waals surface area contributed by atoms with Crippen molar-refractivity contribution in [3.8, 4) is 5.75 Å². The van der Waals surface area contributed by atoms with E-state index < -0.39 is 5.97 Å². The summed E-state index contributed by atoms with van der Waals surface area (Å²) in [6.07, 6.45) is 3.42. The van der Waals surface area contributed by atoms with Crippen LogP contribution in [0, 0.1) is 6.92 Å². The Morgan fingerprint density at radius 2 is 1.88 bits per heavy atom. The molecule has 0 N–H and O–H groups in total. The molecule has 0 fully saturated rings.